The van der Waals surface area contributed by atoms with Gasteiger partial charge in [0.1, 0.15) is 0 Å². The maximum Gasteiger partial charge on any atom is 0.354 e. The van der Waals surface area contributed by atoms with E-state index in [4.69, 9.17) is 9.52 Å². The SMILES string of the molecule is O=C(O)c1ccc([N+](=O)[O-])c(NCc2ccoc2)n1. The summed E-state index contributed by atoms with van der Waals surface area (Å²) < 4.78 is 4.85. The number of furan rings is 1. The standard InChI is InChI=1S/C11H9N3O5/c15-11(16)8-1-2-9(14(17)18)10(13-8)12-5-7-3-4-19-6-7/h1-4,6H,5H2,(H,12,13)(H,15,16). The van der Waals surface area contributed by atoms with E-state index in [1.165, 1.54) is 12.5 Å². The van der Waals surface area contributed by atoms with Crippen LogP contribution >= 0.6 is 0 Å². The molecule has 0 aliphatic rings. The lowest BCUT2D eigenvalue weighted by atomic mass is 10.3. The summed E-state index contributed by atoms with van der Waals surface area (Å²) >= 11 is 0. The van der Waals surface area contributed by atoms with Crippen molar-refractivity contribution in [3.8, 4) is 0 Å². The minimum Gasteiger partial charge on any atom is -0.477 e. The van der Waals surface area contributed by atoms with Crippen LogP contribution in [0.1, 0.15) is 16.1 Å². The second-order valence-corrected chi connectivity index (χ2v) is 3.61. The lowest BCUT2D eigenvalue weighted by Gasteiger charge is -2.05. The van der Waals surface area contributed by atoms with Crippen LogP contribution in [0.5, 0.6) is 0 Å². The Balaban J connectivity index is 2.27. The summed E-state index contributed by atoms with van der Waals surface area (Å²) in [6.07, 6.45) is 2.94. The highest BCUT2D eigenvalue weighted by Crippen LogP contribution is 2.22. The molecule has 2 rings (SSSR count). The summed E-state index contributed by atoms with van der Waals surface area (Å²) in [7, 11) is 0. The number of nitrogens with one attached hydrogen (secondary N) is 1. The minimum atomic E-state index is -1.25. The van der Waals surface area contributed by atoms with Gasteiger partial charge in [-0.05, 0) is 12.1 Å². The Morgan fingerprint density at radius 2 is 2.26 bits per heavy atom. The molecule has 2 heterocycles. The smallest absolute Gasteiger partial charge is 0.354 e. The van der Waals surface area contributed by atoms with Crippen LogP contribution < -0.4 is 5.32 Å². The minimum absolute atomic E-state index is 0.0916. The third-order valence-corrected chi connectivity index (χ3v) is 2.33. The van der Waals surface area contributed by atoms with Crippen LogP contribution in [0, 0.1) is 10.1 Å². The molecule has 0 aromatic carbocycles. The Morgan fingerprint density at radius 1 is 1.47 bits per heavy atom. The fourth-order valence-electron chi connectivity index (χ4n) is 1.43. The zero-order valence-electron chi connectivity index (χ0n) is 9.57. The van der Waals surface area contributed by atoms with Crippen molar-refractivity contribution in [2.45, 2.75) is 6.54 Å². The van der Waals surface area contributed by atoms with E-state index in [0.717, 1.165) is 17.7 Å². The number of pyridine rings is 1. The number of hydrogen-bond acceptors (Lipinski definition) is 6. The molecule has 0 saturated carbocycles. The van der Waals surface area contributed by atoms with Gasteiger partial charge >= 0.3 is 11.7 Å². The molecule has 0 aliphatic carbocycles. The van der Waals surface area contributed by atoms with E-state index in [1.807, 2.05) is 0 Å². The molecule has 0 spiro atoms. The van der Waals surface area contributed by atoms with Crippen molar-refractivity contribution < 1.29 is 19.2 Å². The number of hydrogen-bond donors (Lipinski definition) is 2. The molecule has 2 aromatic rings. The van der Waals surface area contributed by atoms with E-state index in [-0.39, 0.29) is 23.7 Å². The first-order valence-electron chi connectivity index (χ1n) is 5.21. The first-order valence-corrected chi connectivity index (χ1v) is 5.21. The summed E-state index contributed by atoms with van der Waals surface area (Å²) in [6, 6.07) is 3.87. The highest BCUT2D eigenvalue weighted by Gasteiger charge is 2.18. The number of carboxylic acid groups (broad SMARTS) is 1. The van der Waals surface area contributed by atoms with Crippen LogP contribution in [0.2, 0.25) is 0 Å². The second kappa shape index (κ2) is 5.17. The fourth-order valence-corrected chi connectivity index (χ4v) is 1.43. The fraction of sp³-hybridized carbons (Fsp3) is 0.0909. The van der Waals surface area contributed by atoms with Crippen molar-refractivity contribution >= 4 is 17.5 Å². The highest BCUT2D eigenvalue weighted by atomic mass is 16.6. The van der Waals surface area contributed by atoms with Gasteiger partial charge < -0.3 is 14.8 Å². The van der Waals surface area contributed by atoms with Gasteiger partial charge in [-0.2, -0.15) is 0 Å². The van der Waals surface area contributed by atoms with Gasteiger partial charge in [0, 0.05) is 18.2 Å². The van der Waals surface area contributed by atoms with Gasteiger partial charge in [0.15, 0.2) is 5.69 Å². The average Bonchev–Trinajstić information content (AvgIpc) is 2.88. The van der Waals surface area contributed by atoms with Gasteiger partial charge in [0.05, 0.1) is 17.4 Å². The molecule has 0 atom stereocenters. The van der Waals surface area contributed by atoms with Crippen molar-refractivity contribution in [2.75, 3.05) is 5.32 Å². The summed E-state index contributed by atoms with van der Waals surface area (Å²) in [5.74, 6) is -1.34. The lowest BCUT2D eigenvalue weighted by molar-refractivity contribution is -0.384. The lowest BCUT2D eigenvalue weighted by Crippen LogP contribution is -2.08. The van der Waals surface area contributed by atoms with Crippen LogP contribution in [-0.2, 0) is 6.54 Å². The zero-order chi connectivity index (χ0) is 13.8. The third-order valence-electron chi connectivity index (χ3n) is 2.33. The monoisotopic (exact) mass is 263 g/mol. The van der Waals surface area contributed by atoms with Crippen LogP contribution in [0.25, 0.3) is 0 Å². The molecular weight excluding hydrogens is 254 g/mol. The number of nitro groups is 1. The molecule has 19 heavy (non-hydrogen) atoms. The van der Waals surface area contributed by atoms with Gasteiger partial charge in [-0.15, -0.1) is 0 Å². The molecule has 0 aliphatic heterocycles. The average molecular weight is 263 g/mol. The first kappa shape index (κ1) is 12.6. The van der Waals surface area contributed by atoms with Gasteiger partial charge in [-0.3, -0.25) is 10.1 Å². The topological polar surface area (TPSA) is 118 Å². The molecule has 8 nitrogen and oxygen atoms in total. The van der Waals surface area contributed by atoms with Crippen molar-refractivity contribution in [2.24, 2.45) is 0 Å². The zero-order valence-corrected chi connectivity index (χ0v) is 9.57. The maximum atomic E-state index is 10.8. The molecule has 2 aromatic heterocycles. The molecule has 0 radical (unpaired) electrons. The molecule has 0 saturated heterocycles. The molecule has 0 bridgehead atoms. The Bertz CT molecular complexity index is 609. The largest absolute Gasteiger partial charge is 0.477 e. The van der Waals surface area contributed by atoms with E-state index in [0.29, 0.717) is 0 Å². The van der Waals surface area contributed by atoms with Crippen LogP contribution in [0.15, 0.2) is 35.1 Å². The van der Waals surface area contributed by atoms with E-state index in [2.05, 4.69) is 10.3 Å². The summed E-state index contributed by atoms with van der Waals surface area (Å²) in [6.45, 7) is 0.243. The molecule has 0 fully saturated rings. The second-order valence-electron chi connectivity index (χ2n) is 3.61. The molecule has 0 amide bonds. The summed E-state index contributed by atoms with van der Waals surface area (Å²) in [4.78, 5) is 24.7. The Kier molecular flexibility index (Phi) is 3.42. The normalized spacial score (nSPS) is 10.1. The van der Waals surface area contributed by atoms with Crippen molar-refractivity contribution in [3.05, 3.63) is 52.1 Å². The number of rotatable bonds is 5. The van der Waals surface area contributed by atoms with Crippen LogP contribution in [0.4, 0.5) is 11.5 Å². The molecule has 8 heteroatoms. The molecular formula is C11H9N3O5. The van der Waals surface area contributed by atoms with Gasteiger partial charge in [0.25, 0.3) is 0 Å². The van der Waals surface area contributed by atoms with Crippen molar-refractivity contribution in [1.29, 1.82) is 0 Å². The van der Waals surface area contributed by atoms with Crippen molar-refractivity contribution in [3.63, 3.8) is 0 Å². The maximum absolute atomic E-state index is 10.8. The van der Waals surface area contributed by atoms with E-state index in [1.54, 1.807) is 6.07 Å². The quantitative estimate of drug-likeness (QED) is 0.624. The Hall–Kier alpha value is -2.90. The Labute approximate surface area is 106 Å². The summed E-state index contributed by atoms with van der Waals surface area (Å²) in [5.41, 5.74) is 0.214. The number of aromatic nitrogens is 1. The predicted octanol–water partition coefficient (Wildman–Crippen LogP) is 1.89. The first-order chi connectivity index (χ1) is 9.08. The molecule has 0 unspecified atom stereocenters. The van der Waals surface area contributed by atoms with Crippen molar-refractivity contribution in [1.82, 2.24) is 4.98 Å². The van der Waals surface area contributed by atoms with Gasteiger partial charge in [-0.25, -0.2) is 9.78 Å². The summed E-state index contributed by atoms with van der Waals surface area (Å²) in [5, 5.41) is 22.4. The Morgan fingerprint density at radius 3 is 2.84 bits per heavy atom. The van der Waals surface area contributed by atoms with E-state index in [9.17, 15) is 14.9 Å². The van der Waals surface area contributed by atoms with Gasteiger partial charge in [-0.1, -0.05) is 0 Å². The highest BCUT2D eigenvalue weighted by molar-refractivity contribution is 5.86. The van der Waals surface area contributed by atoms with E-state index < -0.39 is 10.9 Å². The van der Waals surface area contributed by atoms with Crippen LogP contribution in [0.3, 0.4) is 0 Å². The number of carboxylic acids is 1. The molecule has 98 valence electrons. The number of nitrogens with zero attached hydrogens (tertiary/aromatic N) is 2. The van der Waals surface area contributed by atoms with E-state index >= 15 is 0 Å². The number of carbonyl (C=O) groups is 1. The number of anilines is 1. The number of aromatic carboxylic acids is 1. The predicted molar refractivity (Wildman–Crippen MR) is 63.9 cm³/mol. The molecule has 2 N–H and O–H groups in total. The third kappa shape index (κ3) is 2.86. The van der Waals surface area contributed by atoms with Crippen LogP contribution in [-0.4, -0.2) is 21.0 Å². The van der Waals surface area contributed by atoms with Gasteiger partial charge in [0.2, 0.25) is 5.82 Å².